The average molecular weight is 217 g/mol. The molecule has 0 fully saturated rings. The van der Waals surface area contributed by atoms with Gasteiger partial charge >= 0.3 is 0 Å². The predicted molar refractivity (Wildman–Crippen MR) is 53.0 cm³/mol. The predicted octanol–water partition coefficient (Wildman–Crippen LogP) is 3.48. The second kappa shape index (κ2) is 3.16. The number of alkyl halides is 1. The van der Waals surface area contributed by atoms with Crippen LogP contribution >= 0.6 is 22.9 Å². The maximum atomic E-state index is 13.1. The van der Waals surface area contributed by atoms with Crippen LogP contribution in [0.3, 0.4) is 0 Å². The van der Waals surface area contributed by atoms with Crippen LogP contribution in [0, 0.1) is 5.82 Å². The molecular formula is C9H6ClFOS. The highest BCUT2D eigenvalue weighted by Crippen LogP contribution is 2.34. The Morgan fingerprint density at radius 3 is 3.00 bits per heavy atom. The lowest BCUT2D eigenvalue weighted by Crippen LogP contribution is -1.83. The third-order valence-electron chi connectivity index (χ3n) is 1.88. The minimum atomic E-state index is -0.610. The van der Waals surface area contributed by atoms with Crippen molar-refractivity contribution in [1.29, 1.82) is 0 Å². The van der Waals surface area contributed by atoms with Crippen molar-refractivity contribution in [2.45, 2.75) is 5.88 Å². The van der Waals surface area contributed by atoms with Gasteiger partial charge in [-0.3, -0.25) is 0 Å². The second-order valence-corrected chi connectivity index (χ2v) is 3.85. The van der Waals surface area contributed by atoms with E-state index in [0.717, 1.165) is 10.3 Å². The summed E-state index contributed by atoms with van der Waals surface area (Å²) in [6.07, 6.45) is 0. The largest absolute Gasteiger partial charge is 0.504 e. The van der Waals surface area contributed by atoms with Gasteiger partial charge in [0, 0.05) is 16.0 Å². The fourth-order valence-corrected chi connectivity index (χ4v) is 2.46. The van der Waals surface area contributed by atoms with Crippen LogP contribution in [0.25, 0.3) is 10.1 Å². The van der Waals surface area contributed by atoms with Crippen molar-refractivity contribution in [2.75, 3.05) is 0 Å². The molecule has 0 radical (unpaired) electrons. The molecule has 0 amide bonds. The smallest absolute Gasteiger partial charge is 0.165 e. The molecule has 0 saturated heterocycles. The minimum Gasteiger partial charge on any atom is -0.504 e. The molecule has 0 bridgehead atoms. The van der Waals surface area contributed by atoms with Crippen molar-refractivity contribution < 1.29 is 9.50 Å². The van der Waals surface area contributed by atoms with Crippen LogP contribution in [-0.4, -0.2) is 5.11 Å². The van der Waals surface area contributed by atoms with Crippen molar-refractivity contribution in [3.05, 3.63) is 28.9 Å². The summed E-state index contributed by atoms with van der Waals surface area (Å²) in [5, 5.41) is 11.7. The SMILES string of the molecule is Oc1c(F)cc(CCl)c2sccc12. The Balaban J connectivity index is 2.87. The maximum absolute atomic E-state index is 13.1. The molecule has 1 heterocycles. The van der Waals surface area contributed by atoms with Gasteiger partial charge in [-0.2, -0.15) is 0 Å². The molecular weight excluding hydrogens is 211 g/mol. The zero-order valence-corrected chi connectivity index (χ0v) is 8.12. The van der Waals surface area contributed by atoms with Crippen LogP contribution in [0.1, 0.15) is 5.56 Å². The Morgan fingerprint density at radius 2 is 2.31 bits per heavy atom. The lowest BCUT2D eigenvalue weighted by atomic mass is 10.1. The van der Waals surface area contributed by atoms with Crippen LogP contribution in [-0.2, 0) is 5.88 Å². The second-order valence-electron chi connectivity index (χ2n) is 2.66. The molecule has 0 atom stereocenters. The lowest BCUT2D eigenvalue weighted by molar-refractivity contribution is 0.438. The highest BCUT2D eigenvalue weighted by molar-refractivity contribution is 7.17. The van der Waals surface area contributed by atoms with Gasteiger partial charge in [0.15, 0.2) is 11.6 Å². The van der Waals surface area contributed by atoms with Gasteiger partial charge in [0.1, 0.15) is 0 Å². The monoisotopic (exact) mass is 216 g/mol. The van der Waals surface area contributed by atoms with E-state index in [1.165, 1.54) is 17.4 Å². The van der Waals surface area contributed by atoms with E-state index in [0.29, 0.717) is 5.39 Å². The zero-order valence-electron chi connectivity index (χ0n) is 6.55. The summed E-state index contributed by atoms with van der Waals surface area (Å²) in [7, 11) is 0. The summed E-state index contributed by atoms with van der Waals surface area (Å²) in [6, 6.07) is 2.97. The van der Waals surface area contributed by atoms with Crippen LogP contribution in [0.4, 0.5) is 4.39 Å². The van der Waals surface area contributed by atoms with E-state index >= 15 is 0 Å². The van der Waals surface area contributed by atoms with Crippen LogP contribution in [0.2, 0.25) is 0 Å². The van der Waals surface area contributed by atoms with E-state index in [9.17, 15) is 9.50 Å². The third kappa shape index (κ3) is 1.28. The molecule has 13 heavy (non-hydrogen) atoms. The fourth-order valence-electron chi connectivity index (χ4n) is 1.26. The summed E-state index contributed by atoms with van der Waals surface area (Å²) in [4.78, 5) is 0. The fraction of sp³-hybridized carbons (Fsp3) is 0.111. The van der Waals surface area contributed by atoms with Crippen molar-refractivity contribution in [1.82, 2.24) is 0 Å². The van der Waals surface area contributed by atoms with Gasteiger partial charge in [-0.1, -0.05) is 0 Å². The van der Waals surface area contributed by atoms with Gasteiger partial charge in [-0.05, 0) is 23.1 Å². The van der Waals surface area contributed by atoms with Gasteiger partial charge in [-0.25, -0.2) is 4.39 Å². The molecule has 0 aliphatic heterocycles. The molecule has 2 aromatic rings. The number of halogens is 2. The zero-order chi connectivity index (χ0) is 9.42. The Morgan fingerprint density at radius 1 is 1.54 bits per heavy atom. The highest BCUT2D eigenvalue weighted by Gasteiger charge is 2.11. The Labute approximate surface area is 83.4 Å². The Kier molecular flexibility index (Phi) is 2.14. The van der Waals surface area contributed by atoms with Crippen molar-refractivity contribution in [3.63, 3.8) is 0 Å². The van der Waals surface area contributed by atoms with Crippen molar-refractivity contribution in [2.24, 2.45) is 0 Å². The van der Waals surface area contributed by atoms with Crippen LogP contribution in [0.5, 0.6) is 5.75 Å². The Hall–Kier alpha value is -0.800. The van der Waals surface area contributed by atoms with E-state index in [2.05, 4.69) is 0 Å². The highest BCUT2D eigenvalue weighted by atomic mass is 35.5. The van der Waals surface area contributed by atoms with Gasteiger partial charge in [0.05, 0.1) is 0 Å². The molecule has 0 aliphatic carbocycles. The molecule has 0 unspecified atom stereocenters. The molecule has 68 valence electrons. The first-order chi connectivity index (χ1) is 6.24. The Bertz CT molecular complexity index is 452. The number of rotatable bonds is 1. The van der Waals surface area contributed by atoms with Crippen molar-refractivity contribution in [3.8, 4) is 5.75 Å². The van der Waals surface area contributed by atoms with E-state index in [1.807, 2.05) is 0 Å². The third-order valence-corrected chi connectivity index (χ3v) is 3.16. The summed E-state index contributed by atoms with van der Waals surface area (Å²) in [5.74, 6) is -0.638. The molecule has 1 nitrogen and oxygen atoms in total. The topological polar surface area (TPSA) is 20.2 Å². The van der Waals surface area contributed by atoms with Gasteiger partial charge in [0.25, 0.3) is 0 Å². The van der Waals surface area contributed by atoms with Crippen LogP contribution in [0.15, 0.2) is 17.5 Å². The van der Waals surface area contributed by atoms with Gasteiger partial charge in [0.2, 0.25) is 0 Å². The first-order valence-corrected chi connectivity index (χ1v) is 5.09. The number of thiophene rings is 1. The first-order valence-electron chi connectivity index (χ1n) is 3.67. The van der Waals surface area contributed by atoms with Gasteiger partial charge in [-0.15, -0.1) is 22.9 Å². The number of aromatic hydroxyl groups is 1. The molecule has 1 aromatic heterocycles. The van der Waals surface area contributed by atoms with E-state index in [4.69, 9.17) is 11.6 Å². The average Bonchev–Trinajstić information content (AvgIpc) is 2.60. The lowest BCUT2D eigenvalue weighted by Gasteiger charge is -2.01. The molecule has 4 heteroatoms. The standard InChI is InChI=1S/C9H6ClFOS/c10-4-5-3-7(11)8(12)6-1-2-13-9(5)6/h1-3,12H,4H2. The molecule has 1 aromatic carbocycles. The number of hydrogen-bond acceptors (Lipinski definition) is 2. The van der Waals surface area contributed by atoms with E-state index in [-0.39, 0.29) is 11.6 Å². The van der Waals surface area contributed by atoms with E-state index < -0.39 is 5.82 Å². The van der Waals surface area contributed by atoms with Crippen LogP contribution < -0.4 is 0 Å². The summed E-state index contributed by atoms with van der Waals surface area (Å²) < 4.78 is 13.9. The molecule has 2 rings (SSSR count). The molecule has 0 saturated carbocycles. The number of benzene rings is 1. The number of phenols is 1. The summed E-state index contributed by atoms with van der Waals surface area (Å²) >= 11 is 7.10. The number of fused-ring (bicyclic) bond motifs is 1. The normalized spacial score (nSPS) is 10.9. The summed E-state index contributed by atoms with van der Waals surface area (Å²) in [6.45, 7) is 0. The molecule has 0 aliphatic rings. The molecule has 1 N–H and O–H groups in total. The maximum Gasteiger partial charge on any atom is 0.165 e. The summed E-state index contributed by atoms with van der Waals surface area (Å²) in [5.41, 5.74) is 0.724. The van der Waals surface area contributed by atoms with Gasteiger partial charge < -0.3 is 5.11 Å². The number of phenolic OH excluding ortho intramolecular Hbond substituents is 1. The van der Waals surface area contributed by atoms with Crippen molar-refractivity contribution >= 4 is 33.0 Å². The minimum absolute atomic E-state index is 0.258. The molecule has 0 spiro atoms. The first kappa shape index (κ1) is 8.78. The quantitative estimate of drug-likeness (QED) is 0.724. The van der Waals surface area contributed by atoms with E-state index in [1.54, 1.807) is 11.4 Å². The number of hydrogen-bond donors (Lipinski definition) is 1.